The lowest BCUT2D eigenvalue weighted by molar-refractivity contribution is -0.136. The fraction of sp³-hybridized carbons (Fsp3) is 0.364. The van der Waals surface area contributed by atoms with Gasteiger partial charge in [-0.25, -0.2) is 14.4 Å². The van der Waals surface area contributed by atoms with Crippen molar-refractivity contribution in [2.45, 2.75) is 44.2 Å². The van der Waals surface area contributed by atoms with Crippen LogP contribution >= 0.6 is 0 Å². The summed E-state index contributed by atoms with van der Waals surface area (Å²) in [5, 5.41) is 4.21. The van der Waals surface area contributed by atoms with Gasteiger partial charge in [-0.2, -0.15) is 4.98 Å². The lowest BCUT2D eigenvalue weighted by Crippen LogP contribution is -2.59. The van der Waals surface area contributed by atoms with Gasteiger partial charge in [0.15, 0.2) is 11.5 Å². The molecule has 2 fully saturated rings. The minimum absolute atomic E-state index is 0.0645. The zero-order valence-electron chi connectivity index (χ0n) is 17.1. The van der Waals surface area contributed by atoms with E-state index in [9.17, 15) is 9.18 Å². The fourth-order valence-electron chi connectivity index (χ4n) is 5.08. The molecule has 8 nitrogen and oxygen atoms in total. The normalized spacial score (nSPS) is 23.6. The second-order valence-electron chi connectivity index (χ2n) is 8.79. The third-order valence-electron chi connectivity index (χ3n) is 6.62. The number of pyridine rings is 1. The van der Waals surface area contributed by atoms with E-state index < -0.39 is 0 Å². The number of fused-ring (bicyclic) bond motifs is 2. The van der Waals surface area contributed by atoms with E-state index in [1.54, 1.807) is 23.0 Å². The number of anilines is 1. The van der Waals surface area contributed by atoms with Gasteiger partial charge < -0.3 is 19.6 Å². The van der Waals surface area contributed by atoms with Crippen molar-refractivity contribution in [1.82, 2.24) is 29.2 Å². The molecule has 0 radical (unpaired) electrons. The van der Waals surface area contributed by atoms with Crippen molar-refractivity contribution in [2.75, 3.05) is 11.9 Å². The van der Waals surface area contributed by atoms with Crippen LogP contribution in [0.3, 0.4) is 0 Å². The predicted molar refractivity (Wildman–Crippen MR) is 114 cm³/mol. The van der Waals surface area contributed by atoms with Crippen molar-refractivity contribution in [1.29, 1.82) is 0 Å². The number of hydrogen-bond donors (Lipinski definition) is 2. The van der Waals surface area contributed by atoms with Gasteiger partial charge in [-0.1, -0.05) is 0 Å². The molecule has 6 rings (SSSR count). The molecule has 1 amide bonds. The maximum absolute atomic E-state index is 14.4. The molecule has 0 bridgehead atoms. The van der Waals surface area contributed by atoms with E-state index in [0.717, 1.165) is 42.3 Å². The average Bonchev–Trinajstić information content (AvgIpc) is 3.45. The topological polar surface area (TPSA) is 91.2 Å². The summed E-state index contributed by atoms with van der Waals surface area (Å²) in [6.07, 6.45) is 12.1. The summed E-state index contributed by atoms with van der Waals surface area (Å²) in [7, 11) is 0. The van der Waals surface area contributed by atoms with Crippen LogP contribution in [0.4, 0.5) is 10.3 Å². The molecular formula is C22H22FN7O. The standard InChI is InChI=1S/C22H22FN7O/c1-22(30-5-2-3-18(30)31)8-14(9-22)27-21-26-11-16-15(10-25-19(16)28-21)13-7-17(23)20-24-4-6-29(20)12-13/h4,6-7,10-12,14H,2-3,5,8-9H2,1H3,(H2,25,26,27,28)/t14-,22-. The van der Waals surface area contributed by atoms with E-state index in [2.05, 4.69) is 32.2 Å². The maximum atomic E-state index is 14.4. The number of nitrogens with zero attached hydrogens (tertiary/aromatic N) is 5. The van der Waals surface area contributed by atoms with Crippen LogP contribution in [0.15, 0.2) is 37.1 Å². The summed E-state index contributed by atoms with van der Waals surface area (Å²) in [5.41, 5.74) is 2.48. The molecule has 31 heavy (non-hydrogen) atoms. The van der Waals surface area contributed by atoms with E-state index in [1.165, 1.54) is 6.07 Å². The Morgan fingerprint density at radius 2 is 2.19 bits per heavy atom. The number of nitrogens with one attached hydrogen (secondary N) is 2. The minimum atomic E-state index is -0.374. The molecule has 1 aliphatic heterocycles. The summed E-state index contributed by atoms with van der Waals surface area (Å²) >= 11 is 0. The van der Waals surface area contributed by atoms with Crippen molar-refractivity contribution in [3.05, 3.63) is 42.9 Å². The third-order valence-corrected chi connectivity index (χ3v) is 6.62. The molecule has 5 heterocycles. The Labute approximate surface area is 177 Å². The van der Waals surface area contributed by atoms with Crippen LogP contribution in [-0.4, -0.2) is 53.3 Å². The zero-order valence-corrected chi connectivity index (χ0v) is 17.1. The quantitative estimate of drug-likeness (QED) is 0.529. The molecule has 1 aliphatic carbocycles. The highest BCUT2D eigenvalue weighted by atomic mass is 19.1. The number of amides is 1. The highest BCUT2D eigenvalue weighted by molar-refractivity contribution is 5.93. The van der Waals surface area contributed by atoms with Crippen molar-refractivity contribution in [3.8, 4) is 11.1 Å². The number of halogens is 1. The van der Waals surface area contributed by atoms with E-state index in [0.29, 0.717) is 23.7 Å². The van der Waals surface area contributed by atoms with Crippen molar-refractivity contribution in [2.24, 2.45) is 0 Å². The van der Waals surface area contributed by atoms with Crippen LogP contribution in [0.1, 0.15) is 32.6 Å². The summed E-state index contributed by atoms with van der Waals surface area (Å²) in [5.74, 6) is 0.445. The first-order chi connectivity index (χ1) is 15.0. The van der Waals surface area contributed by atoms with Crippen LogP contribution < -0.4 is 5.32 Å². The molecule has 1 saturated carbocycles. The number of hydrogen-bond acceptors (Lipinski definition) is 5. The van der Waals surface area contributed by atoms with Gasteiger partial charge in [0.25, 0.3) is 0 Å². The molecular weight excluding hydrogens is 397 g/mol. The molecule has 9 heteroatoms. The number of H-pyrrole nitrogens is 1. The van der Waals surface area contributed by atoms with Gasteiger partial charge in [-0.05, 0) is 32.3 Å². The van der Waals surface area contributed by atoms with Crippen molar-refractivity contribution >= 4 is 28.5 Å². The highest BCUT2D eigenvalue weighted by Gasteiger charge is 2.48. The molecule has 0 spiro atoms. The number of carbonyl (C=O) groups excluding carboxylic acids is 1. The maximum Gasteiger partial charge on any atom is 0.224 e. The lowest BCUT2D eigenvalue weighted by atomic mass is 9.73. The number of rotatable bonds is 4. The molecule has 4 aromatic heterocycles. The van der Waals surface area contributed by atoms with Gasteiger partial charge >= 0.3 is 0 Å². The van der Waals surface area contributed by atoms with Crippen molar-refractivity contribution in [3.63, 3.8) is 0 Å². The summed E-state index contributed by atoms with van der Waals surface area (Å²) in [4.78, 5) is 30.4. The summed E-state index contributed by atoms with van der Waals surface area (Å²) in [6.45, 7) is 3.02. The molecule has 158 valence electrons. The van der Waals surface area contributed by atoms with E-state index in [-0.39, 0.29) is 23.3 Å². The molecule has 2 aliphatic rings. The van der Waals surface area contributed by atoms with Gasteiger partial charge in [-0.3, -0.25) is 4.79 Å². The van der Waals surface area contributed by atoms with Gasteiger partial charge in [0.2, 0.25) is 11.9 Å². The average molecular weight is 419 g/mol. The lowest BCUT2D eigenvalue weighted by Gasteiger charge is -2.51. The van der Waals surface area contributed by atoms with Gasteiger partial charge in [0.05, 0.1) is 0 Å². The van der Waals surface area contributed by atoms with Crippen LogP contribution in [0, 0.1) is 5.82 Å². The Bertz CT molecular complexity index is 1320. The van der Waals surface area contributed by atoms with Crippen LogP contribution in [0.25, 0.3) is 27.8 Å². The highest BCUT2D eigenvalue weighted by Crippen LogP contribution is 2.41. The van der Waals surface area contributed by atoms with Crippen LogP contribution in [0.5, 0.6) is 0 Å². The Balaban J connectivity index is 1.22. The van der Waals surface area contributed by atoms with Crippen molar-refractivity contribution < 1.29 is 9.18 Å². The number of aromatic nitrogens is 5. The number of carbonyl (C=O) groups is 1. The van der Waals surface area contributed by atoms with Gasteiger partial charge in [-0.15, -0.1) is 0 Å². The molecule has 0 aromatic carbocycles. The first-order valence-electron chi connectivity index (χ1n) is 10.5. The Morgan fingerprint density at radius 3 is 3.00 bits per heavy atom. The predicted octanol–water partition coefficient (Wildman–Crippen LogP) is 3.37. The summed E-state index contributed by atoms with van der Waals surface area (Å²) in [6, 6.07) is 1.72. The first-order valence-corrected chi connectivity index (χ1v) is 10.5. The number of likely N-dealkylation sites (tertiary alicyclic amines) is 1. The van der Waals surface area contributed by atoms with Crippen LogP contribution in [-0.2, 0) is 4.79 Å². The second kappa shape index (κ2) is 6.50. The smallest absolute Gasteiger partial charge is 0.224 e. The molecule has 0 atom stereocenters. The van der Waals surface area contributed by atoms with E-state index >= 15 is 0 Å². The zero-order chi connectivity index (χ0) is 21.2. The number of imidazole rings is 1. The Morgan fingerprint density at radius 1 is 1.32 bits per heavy atom. The first kappa shape index (κ1) is 18.3. The van der Waals surface area contributed by atoms with Crippen LogP contribution in [0.2, 0.25) is 0 Å². The third kappa shape index (κ3) is 2.87. The number of aromatic amines is 1. The molecule has 2 N–H and O–H groups in total. The monoisotopic (exact) mass is 419 g/mol. The Hall–Kier alpha value is -3.49. The van der Waals surface area contributed by atoms with E-state index in [1.807, 2.05) is 17.3 Å². The molecule has 1 saturated heterocycles. The Kier molecular flexibility index (Phi) is 3.84. The fourth-order valence-corrected chi connectivity index (χ4v) is 5.08. The summed E-state index contributed by atoms with van der Waals surface area (Å²) < 4.78 is 16.0. The minimum Gasteiger partial charge on any atom is -0.351 e. The second-order valence-corrected chi connectivity index (χ2v) is 8.79. The SMILES string of the molecule is C[C@]1(N2CCCC2=O)C[C@H](Nc2ncc3c(-c4cc(F)c5nccn5c4)c[nH]c3n2)C1. The largest absolute Gasteiger partial charge is 0.351 e. The van der Waals surface area contributed by atoms with Gasteiger partial charge in [0, 0.05) is 72.0 Å². The molecule has 0 unspecified atom stereocenters. The van der Waals surface area contributed by atoms with E-state index in [4.69, 9.17) is 0 Å². The van der Waals surface area contributed by atoms with Gasteiger partial charge in [0.1, 0.15) is 5.65 Å². The molecule has 4 aromatic rings.